The van der Waals surface area contributed by atoms with E-state index in [-0.39, 0.29) is 23.6 Å². The van der Waals surface area contributed by atoms with Crippen molar-refractivity contribution in [1.29, 1.82) is 0 Å². The SMILES string of the molecule is O=C(Nc1cc(O)ccc1C(=O)OCc1ccccc1)Oc1ccccc1. The molecule has 27 heavy (non-hydrogen) atoms. The minimum atomic E-state index is -0.788. The van der Waals surface area contributed by atoms with E-state index < -0.39 is 12.1 Å². The van der Waals surface area contributed by atoms with E-state index in [2.05, 4.69) is 5.32 Å². The normalized spacial score (nSPS) is 10.1. The van der Waals surface area contributed by atoms with Crippen LogP contribution < -0.4 is 10.1 Å². The smallest absolute Gasteiger partial charge is 0.417 e. The molecule has 0 aliphatic rings. The Labute approximate surface area is 156 Å². The minimum absolute atomic E-state index is 0.0917. The van der Waals surface area contributed by atoms with Gasteiger partial charge in [0.1, 0.15) is 18.1 Å². The summed E-state index contributed by atoms with van der Waals surface area (Å²) in [6.07, 6.45) is -0.788. The molecule has 136 valence electrons. The summed E-state index contributed by atoms with van der Waals surface area (Å²) in [5, 5.41) is 12.1. The molecule has 1 amide bonds. The number of para-hydroxylation sites is 1. The fraction of sp³-hybridized carbons (Fsp3) is 0.0476. The van der Waals surface area contributed by atoms with E-state index in [0.29, 0.717) is 5.75 Å². The van der Waals surface area contributed by atoms with Crippen LogP contribution in [0, 0.1) is 0 Å². The highest BCUT2D eigenvalue weighted by atomic mass is 16.6. The van der Waals surface area contributed by atoms with Gasteiger partial charge in [0, 0.05) is 6.07 Å². The van der Waals surface area contributed by atoms with E-state index in [1.165, 1.54) is 18.2 Å². The fourth-order valence-electron chi connectivity index (χ4n) is 2.35. The van der Waals surface area contributed by atoms with Gasteiger partial charge in [-0.1, -0.05) is 48.5 Å². The molecule has 0 spiro atoms. The number of ether oxygens (including phenoxy) is 2. The molecular weight excluding hydrogens is 346 g/mol. The molecule has 0 atom stereocenters. The van der Waals surface area contributed by atoms with Gasteiger partial charge >= 0.3 is 12.1 Å². The van der Waals surface area contributed by atoms with Gasteiger partial charge in [0.25, 0.3) is 0 Å². The molecule has 3 aromatic rings. The zero-order chi connectivity index (χ0) is 19.1. The van der Waals surface area contributed by atoms with Gasteiger partial charge < -0.3 is 14.6 Å². The average molecular weight is 363 g/mol. The van der Waals surface area contributed by atoms with Crippen molar-refractivity contribution in [3.05, 3.63) is 90.0 Å². The van der Waals surface area contributed by atoms with Gasteiger partial charge in [-0.3, -0.25) is 5.32 Å². The lowest BCUT2D eigenvalue weighted by Crippen LogP contribution is -2.19. The van der Waals surface area contributed by atoms with Crippen LogP contribution in [-0.4, -0.2) is 17.2 Å². The largest absolute Gasteiger partial charge is 0.508 e. The van der Waals surface area contributed by atoms with E-state index in [1.54, 1.807) is 30.3 Å². The lowest BCUT2D eigenvalue weighted by molar-refractivity contribution is 0.0474. The second-order valence-corrected chi connectivity index (χ2v) is 5.62. The highest BCUT2D eigenvalue weighted by Gasteiger charge is 2.17. The van der Waals surface area contributed by atoms with Gasteiger partial charge in [-0.2, -0.15) is 0 Å². The predicted octanol–water partition coefficient (Wildman–Crippen LogP) is 4.36. The zero-order valence-corrected chi connectivity index (χ0v) is 14.3. The molecule has 0 aliphatic carbocycles. The van der Waals surface area contributed by atoms with Crippen molar-refractivity contribution in [1.82, 2.24) is 0 Å². The first-order valence-corrected chi connectivity index (χ1v) is 8.20. The molecule has 0 radical (unpaired) electrons. The van der Waals surface area contributed by atoms with Crippen LogP contribution in [0.25, 0.3) is 0 Å². The Morgan fingerprint density at radius 2 is 1.56 bits per heavy atom. The van der Waals surface area contributed by atoms with Crippen LogP contribution in [0.1, 0.15) is 15.9 Å². The molecule has 3 aromatic carbocycles. The predicted molar refractivity (Wildman–Crippen MR) is 99.8 cm³/mol. The summed E-state index contributed by atoms with van der Waals surface area (Å²) in [6, 6.07) is 21.7. The summed E-state index contributed by atoms with van der Waals surface area (Å²) in [5.41, 5.74) is 1.03. The van der Waals surface area contributed by atoms with E-state index in [1.807, 2.05) is 30.3 Å². The summed E-state index contributed by atoms with van der Waals surface area (Å²) in [7, 11) is 0. The van der Waals surface area contributed by atoms with Gasteiger partial charge in [-0.15, -0.1) is 0 Å². The third-order valence-corrected chi connectivity index (χ3v) is 3.63. The van der Waals surface area contributed by atoms with Crippen molar-refractivity contribution in [2.45, 2.75) is 6.61 Å². The first-order chi connectivity index (χ1) is 13.1. The van der Waals surface area contributed by atoms with Crippen molar-refractivity contribution in [3.8, 4) is 11.5 Å². The average Bonchev–Trinajstić information content (AvgIpc) is 2.68. The van der Waals surface area contributed by atoms with Crippen LogP contribution in [0.3, 0.4) is 0 Å². The first-order valence-electron chi connectivity index (χ1n) is 8.20. The second-order valence-electron chi connectivity index (χ2n) is 5.62. The number of hydrogen-bond donors (Lipinski definition) is 2. The molecule has 0 heterocycles. The number of aromatic hydroxyl groups is 1. The van der Waals surface area contributed by atoms with Gasteiger partial charge in [0.2, 0.25) is 0 Å². The quantitative estimate of drug-likeness (QED) is 0.658. The molecule has 0 aromatic heterocycles. The number of hydrogen-bond acceptors (Lipinski definition) is 5. The van der Waals surface area contributed by atoms with Crippen LogP contribution in [0.4, 0.5) is 10.5 Å². The number of anilines is 1. The molecule has 6 heteroatoms. The summed E-state index contributed by atoms with van der Waals surface area (Å²) >= 11 is 0. The Morgan fingerprint density at radius 3 is 2.26 bits per heavy atom. The highest BCUT2D eigenvalue weighted by molar-refractivity contribution is 6.00. The Hall–Kier alpha value is -3.80. The number of esters is 1. The van der Waals surface area contributed by atoms with E-state index in [4.69, 9.17) is 9.47 Å². The second kappa shape index (κ2) is 8.53. The van der Waals surface area contributed by atoms with Crippen LogP contribution in [0.15, 0.2) is 78.9 Å². The van der Waals surface area contributed by atoms with Crippen molar-refractivity contribution >= 4 is 17.7 Å². The number of phenolic OH excluding ortho intramolecular Hbond substituents is 1. The van der Waals surface area contributed by atoms with Crippen LogP contribution in [0.2, 0.25) is 0 Å². The molecule has 6 nitrogen and oxygen atoms in total. The standard InChI is InChI=1S/C21H17NO5/c23-16-11-12-18(20(24)26-14-15-7-3-1-4-8-15)19(13-16)22-21(25)27-17-9-5-2-6-10-17/h1-13,23H,14H2,(H,22,25). The molecule has 2 N–H and O–H groups in total. The Bertz CT molecular complexity index is 926. The number of phenols is 1. The topological polar surface area (TPSA) is 84.9 Å². The van der Waals surface area contributed by atoms with E-state index in [9.17, 15) is 14.7 Å². The van der Waals surface area contributed by atoms with Crippen molar-refractivity contribution in [2.75, 3.05) is 5.32 Å². The van der Waals surface area contributed by atoms with Crippen LogP contribution in [0.5, 0.6) is 11.5 Å². The van der Waals surface area contributed by atoms with Crippen molar-refractivity contribution in [2.24, 2.45) is 0 Å². The lowest BCUT2D eigenvalue weighted by Gasteiger charge is -2.12. The molecule has 3 rings (SSSR count). The molecule has 0 fully saturated rings. The van der Waals surface area contributed by atoms with Crippen LogP contribution >= 0.6 is 0 Å². The number of carbonyl (C=O) groups excluding carboxylic acids is 2. The van der Waals surface area contributed by atoms with Gasteiger partial charge in [0.15, 0.2) is 0 Å². The molecular formula is C21H17NO5. The number of rotatable bonds is 5. The zero-order valence-electron chi connectivity index (χ0n) is 14.3. The minimum Gasteiger partial charge on any atom is -0.508 e. The molecule has 0 unspecified atom stereocenters. The Kier molecular flexibility index (Phi) is 5.69. The maximum Gasteiger partial charge on any atom is 0.417 e. The van der Waals surface area contributed by atoms with Gasteiger partial charge in [-0.25, -0.2) is 9.59 Å². The number of amides is 1. The Morgan fingerprint density at radius 1 is 0.889 bits per heavy atom. The lowest BCUT2D eigenvalue weighted by atomic mass is 10.1. The number of benzene rings is 3. The summed E-state index contributed by atoms with van der Waals surface area (Å²) in [4.78, 5) is 24.5. The van der Waals surface area contributed by atoms with E-state index in [0.717, 1.165) is 5.56 Å². The molecule has 0 saturated heterocycles. The summed E-state index contributed by atoms with van der Waals surface area (Å²) < 4.78 is 10.4. The van der Waals surface area contributed by atoms with Crippen molar-refractivity contribution < 1.29 is 24.2 Å². The Balaban J connectivity index is 1.70. The molecule has 0 saturated carbocycles. The fourth-order valence-corrected chi connectivity index (χ4v) is 2.35. The summed E-state index contributed by atoms with van der Waals surface area (Å²) in [6.45, 7) is 0.0917. The number of carbonyl (C=O) groups is 2. The monoisotopic (exact) mass is 363 g/mol. The van der Waals surface area contributed by atoms with Crippen LogP contribution in [-0.2, 0) is 11.3 Å². The maximum absolute atomic E-state index is 12.4. The molecule has 0 bridgehead atoms. The number of nitrogens with one attached hydrogen (secondary N) is 1. The third kappa shape index (κ3) is 5.09. The molecule has 0 aliphatic heterocycles. The first kappa shape index (κ1) is 18.0. The highest BCUT2D eigenvalue weighted by Crippen LogP contribution is 2.23. The van der Waals surface area contributed by atoms with Gasteiger partial charge in [-0.05, 0) is 29.8 Å². The third-order valence-electron chi connectivity index (χ3n) is 3.63. The van der Waals surface area contributed by atoms with Crippen molar-refractivity contribution in [3.63, 3.8) is 0 Å². The van der Waals surface area contributed by atoms with E-state index >= 15 is 0 Å². The maximum atomic E-state index is 12.4. The summed E-state index contributed by atoms with van der Waals surface area (Å²) in [5.74, 6) is -0.387. The van der Waals surface area contributed by atoms with Gasteiger partial charge in [0.05, 0.1) is 11.3 Å².